The summed E-state index contributed by atoms with van der Waals surface area (Å²) in [5.41, 5.74) is 2.34. The minimum Gasteiger partial charge on any atom is -0.497 e. The average molecular weight is 464 g/mol. The Bertz CT molecular complexity index is 1360. The van der Waals surface area contributed by atoms with E-state index in [4.69, 9.17) is 4.74 Å². The average Bonchev–Trinajstić information content (AvgIpc) is 3.29. The van der Waals surface area contributed by atoms with E-state index in [9.17, 15) is 14.0 Å². The standard InChI is InChI=1S/C25H26FN5O3/c1-16(18-6-8-19(26)9-7-18)27-23(32)5-4-14-30-25(33)24-22(17(2)28-30)15-31(29-24)20-10-12-21(34-3)13-11-20/h6-13,15-16H,4-5,14H2,1-3H3,(H,27,32). The molecule has 2 heterocycles. The summed E-state index contributed by atoms with van der Waals surface area (Å²) in [4.78, 5) is 25.3. The van der Waals surface area contributed by atoms with Crippen LogP contribution in [0.2, 0.25) is 0 Å². The number of methoxy groups -OCH3 is 1. The fourth-order valence-electron chi connectivity index (χ4n) is 3.76. The van der Waals surface area contributed by atoms with E-state index in [1.54, 1.807) is 30.1 Å². The van der Waals surface area contributed by atoms with Gasteiger partial charge in [0.1, 0.15) is 11.6 Å². The van der Waals surface area contributed by atoms with Crippen molar-refractivity contribution in [2.24, 2.45) is 0 Å². The number of hydrogen-bond donors (Lipinski definition) is 1. The molecule has 2 aromatic heterocycles. The van der Waals surface area contributed by atoms with Gasteiger partial charge in [0.2, 0.25) is 5.91 Å². The van der Waals surface area contributed by atoms with Gasteiger partial charge in [-0.2, -0.15) is 10.2 Å². The lowest BCUT2D eigenvalue weighted by molar-refractivity contribution is -0.121. The molecule has 176 valence electrons. The Kier molecular flexibility index (Phi) is 6.72. The quantitative estimate of drug-likeness (QED) is 0.430. The number of nitrogens with one attached hydrogen (secondary N) is 1. The van der Waals surface area contributed by atoms with Gasteiger partial charge in [-0.15, -0.1) is 0 Å². The monoisotopic (exact) mass is 463 g/mol. The molecule has 0 aliphatic carbocycles. The molecule has 1 unspecified atom stereocenters. The van der Waals surface area contributed by atoms with Gasteiger partial charge in [-0.05, 0) is 62.2 Å². The molecule has 0 spiro atoms. The molecule has 0 radical (unpaired) electrons. The van der Waals surface area contributed by atoms with Crippen LogP contribution >= 0.6 is 0 Å². The third kappa shape index (κ3) is 4.98. The van der Waals surface area contributed by atoms with Crippen LogP contribution in [0, 0.1) is 12.7 Å². The van der Waals surface area contributed by atoms with E-state index in [0.29, 0.717) is 29.6 Å². The first kappa shape index (κ1) is 23.2. The maximum absolute atomic E-state index is 13.1. The molecule has 0 saturated heterocycles. The summed E-state index contributed by atoms with van der Waals surface area (Å²) in [5.74, 6) is 0.268. The van der Waals surface area contributed by atoms with Gasteiger partial charge in [0, 0.05) is 24.5 Å². The van der Waals surface area contributed by atoms with Crippen LogP contribution in [0.4, 0.5) is 4.39 Å². The largest absolute Gasteiger partial charge is 0.497 e. The highest BCUT2D eigenvalue weighted by Gasteiger charge is 2.14. The lowest BCUT2D eigenvalue weighted by Gasteiger charge is -2.14. The molecule has 2 aromatic carbocycles. The molecule has 0 saturated carbocycles. The Hall–Kier alpha value is -4.01. The number of benzene rings is 2. The highest BCUT2D eigenvalue weighted by molar-refractivity contribution is 5.79. The number of aryl methyl sites for hydroxylation is 2. The Morgan fingerprint density at radius 1 is 1.12 bits per heavy atom. The van der Waals surface area contributed by atoms with Crippen LogP contribution in [-0.2, 0) is 11.3 Å². The number of halogens is 1. The lowest BCUT2D eigenvalue weighted by Crippen LogP contribution is -2.28. The van der Waals surface area contributed by atoms with Gasteiger partial charge < -0.3 is 10.1 Å². The molecule has 4 rings (SSSR count). The fraction of sp³-hybridized carbons (Fsp3) is 0.280. The predicted molar refractivity (Wildman–Crippen MR) is 127 cm³/mol. The SMILES string of the molecule is COc1ccc(-n2cc3c(C)nn(CCCC(=O)NC(C)c4ccc(F)cc4)c(=O)c3n2)cc1. The summed E-state index contributed by atoms with van der Waals surface area (Å²) in [6.45, 7) is 3.96. The van der Waals surface area contributed by atoms with Gasteiger partial charge in [0.15, 0.2) is 5.52 Å². The Balaban J connectivity index is 1.42. The van der Waals surface area contributed by atoms with Crippen LogP contribution in [-0.4, -0.2) is 32.6 Å². The van der Waals surface area contributed by atoms with Crippen LogP contribution in [0.1, 0.15) is 37.1 Å². The molecule has 9 heteroatoms. The number of carbonyl (C=O) groups is 1. The van der Waals surface area contributed by atoms with Crippen molar-refractivity contribution in [1.29, 1.82) is 0 Å². The van der Waals surface area contributed by atoms with E-state index in [0.717, 1.165) is 17.0 Å². The molecular weight excluding hydrogens is 437 g/mol. The Labute approximate surface area is 196 Å². The van der Waals surface area contributed by atoms with Crippen molar-refractivity contribution in [2.75, 3.05) is 7.11 Å². The molecule has 0 aliphatic heterocycles. The zero-order valence-corrected chi connectivity index (χ0v) is 19.3. The number of fused-ring (bicyclic) bond motifs is 1. The number of hydrogen-bond acceptors (Lipinski definition) is 5. The second kappa shape index (κ2) is 9.86. The molecule has 34 heavy (non-hydrogen) atoms. The van der Waals surface area contributed by atoms with Crippen LogP contribution in [0.15, 0.2) is 59.5 Å². The van der Waals surface area contributed by atoms with Gasteiger partial charge in [-0.25, -0.2) is 13.8 Å². The predicted octanol–water partition coefficient (Wildman–Crippen LogP) is 3.70. The third-order valence-corrected chi connectivity index (χ3v) is 5.67. The van der Waals surface area contributed by atoms with Crippen molar-refractivity contribution < 1.29 is 13.9 Å². The van der Waals surface area contributed by atoms with Crippen LogP contribution in [0.25, 0.3) is 16.6 Å². The highest BCUT2D eigenvalue weighted by atomic mass is 19.1. The van der Waals surface area contributed by atoms with Gasteiger partial charge in [-0.1, -0.05) is 12.1 Å². The van der Waals surface area contributed by atoms with Crippen LogP contribution in [0.5, 0.6) is 5.75 Å². The first-order valence-corrected chi connectivity index (χ1v) is 11.0. The van der Waals surface area contributed by atoms with Crippen LogP contribution in [0.3, 0.4) is 0 Å². The zero-order chi connectivity index (χ0) is 24.2. The summed E-state index contributed by atoms with van der Waals surface area (Å²) in [5, 5.41) is 12.5. The first-order valence-electron chi connectivity index (χ1n) is 11.0. The topological polar surface area (TPSA) is 91.0 Å². The van der Waals surface area contributed by atoms with Gasteiger partial charge in [0.05, 0.1) is 24.5 Å². The molecule has 0 fully saturated rings. The van der Waals surface area contributed by atoms with Gasteiger partial charge in [0.25, 0.3) is 5.56 Å². The van der Waals surface area contributed by atoms with Gasteiger partial charge >= 0.3 is 0 Å². The van der Waals surface area contributed by atoms with E-state index < -0.39 is 0 Å². The molecule has 1 atom stereocenters. The summed E-state index contributed by atoms with van der Waals surface area (Å²) in [7, 11) is 1.60. The first-order chi connectivity index (χ1) is 16.4. The van der Waals surface area contributed by atoms with E-state index >= 15 is 0 Å². The molecule has 1 N–H and O–H groups in total. The van der Waals surface area contributed by atoms with Crippen molar-refractivity contribution >= 4 is 16.8 Å². The third-order valence-electron chi connectivity index (χ3n) is 5.67. The fourth-order valence-corrected chi connectivity index (χ4v) is 3.76. The maximum atomic E-state index is 13.1. The lowest BCUT2D eigenvalue weighted by atomic mass is 10.1. The molecule has 4 aromatic rings. The van der Waals surface area contributed by atoms with Crippen molar-refractivity contribution in [2.45, 2.75) is 39.3 Å². The van der Waals surface area contributed by atoms with Crippen molar-refractivity contribution in [3.05, 3.63) is 82.2 Å². The number of ether oxygens (including phenoxy) is 1. The minimum atomic E-state index is -0.318. The molecule has 0 bridgehead atoms. The second-order valence-electron chi connectivity index (χ2n) is 8.09. The van der Waals surface area contributed by atoms with Gasteiger partial charge in [-0.3, -0.25) is 9.59 Å². The Morgan fingerprint density at radius 3 is 2.50 bits per heavy atom. The maximum Gasteiger partial charge on any atom is 0.295 e. The Morgan fingerprint density at radius 2 is 1.82 bits per heavy atom. The number of carbonyl (C=O) groups excluding carboxylic acids is 1. The zero-order valence-electron chi connectivity index (χ0n) is 19.3. The van der Waals surface area contributed by atoms with E-state index in [2.05, 4.69) is 15.5 Å². The van der Waals surface area contributed by atoms with E-state index in [1.807, 2.05) is 38.1 Å². The number of aromatic nitrogens is 4. The summed E-state index contributed by atoms with van der Waals surface area (Å²) in [6.07, 6.45) is 2.46. The smallest absolute Gasteiger partial charge is 0.295 e. The number of nitrogens with zero attached hydrogens (tertiary/aromatic N) is 4. The molecule has 1 amide bonds. The summed E-state index contributed by atoms with van der Waals surface area (Å²) >= 11 is 0. The molecular formula is C25H26FN5O3. The van der Waals surface area contributed by atoms with Crippen molar-refractivity contribution in [3.8, 4) is 11.4 Å². The minimum absolute atomic E-state index is 0.147. The van der Waals surface area contributed by atoms with E-state index in [1.165, 1.54) is 16.8 Å². The molecule has 0 aliphatic rings. The van der Waals surface area contributed by atoms with Crippen molar-refractivity contribution in [3.63, 3.8) is 0 Å². The highest BCUT2D eigenvalue weighted by Crippen LogP contribution is 2.18. The summed E-state index contributed by atoms with van der Waals surface area (Å²) < 4.78 is 21.3. The number of rotatable bonds is 8. The van der Waals surface area contributed by atoms with Crippen molar-refractivity contribution in [1.82, 2.24) is 24.9 Å². The normalized spacial score (nSPS) is 12.0. The number of amides is 1. The van der Waals surface area contributed by atoms with Crippen LogP contribution < -0.4 is 15.6 Å². The summed E-state index contributed by atoms with van der Waals surface area (Å²) in [6, 6.07) is 13.2. The second-order valence-corrected chi connectivity index (χ2v) is 8.09. The molecule has 8 nitrogen and oxygen atoms in total. The van der Waals surface area contributed by atoms with E-state index in [-0.39, 0.29) is 29.7 Å².